The average molecular weight is 576 g/mol. The minimum Gasteiger partial charge on any atom is -0.497 e. The average Bonchev–Trinajstić information content (AvgIpc) is 2.99. The number of esters is 1. The van der Waals surface area contributed by atoms with Crippen LogP contribution in [0.5, 0.6) is 5.75 Å². The molecule has 1 fully saturated rings. The molecule has 10 heteroatoms. The molecule has 2 aliphatic heterocycles. The van der Waals surface area contributed by atoms with Crippen molar-refractivity contribution in [3.8, 4) is 5.75 Å². The van der Waals surface area contributed by atoms with Crippen LogP contribution in [0, 0.1) is 0 Å². The van der Waals surface area contributed by atoms with Crippen LogP contribution in [0.25, 0.3) is 0 Å². The van der Waals surface area contributed by atoms with Crippen LogP contribution in [-0.2, 0) is 32.1 Å². The van der Waals surface area contributed by atoms with Gasteiger partial charge in [0.05, 0.1) is 18.6 Å². The van der Waals surface area contributed by atoms with E-state index in [4.69, 9.17) is 9.47 Å². The van der Waals surface area contributed by atoms with Gasteiger partial charge in [-0.1, -0.05) is 48.5 Å². The van der Waals surface area contributed by atoms with E-state index < -0.39 is 12.0 Å². The molecule has 0 aliphatic carbocycles. The lowest BCUT2D eigenvalue weighted by atomic mass is 10.0. The molecule has 1 N–H and O–H groups in total. The maximum absolute atomic E-state index is 13.4. The number of β-lactam (4-membered cyclic amide) rings is 1. The van der Waals surface area contributed by atoms with Crippen LogP contribution in [0.2, 0.25) is 0 Å². The molecular formula is C30H29N3O5S2. The molecule has 2 aromatic carbocycles. The standard InChI is InChI=1S/C30H29N3O5S2/c1-37-23-12-10-21(11-13-23)18-38-30(36)27-22(14-16-39-25-9-5-6-15-31-25)19-40-29-26(28(35)33(27)29)32-24(34)17-20-7-3-2-4-8-20/h2-13,15,26,29H,14,16-19H2,1H3,(H,32,34)/t26-,29-/m1/s1. The lowest BCUT2D eigenvalue weighted by Gasteiger charge is -2.49. The van der Waals surface area contributed by atoms with Crippen molar-refractivity contribution in [3.05, 3.63) is 101 Å². The van der Waals surface area contributed by atoms with Crippen molar-refractivity contribution in [3.63, 3.8) is 0 Å². The normalized spacial score (nSPS) is 18.0. The molecule has 5 rings (SSSR count). The molecule has 8 nitrogen and oxygen atoms in total. The molecule has 3 aromatic rings. The van der Waals surface area contributed by atoms with Gasteiger partial charge >= 0.3 is 5.97 Å². The van der Waals surface area contributed by atoms with E-state index in [0.717, 1.165) is 21.7 Å². The highest BCUT2D eigenvalue weighted by Crippen LogP contribution is 2.42. The Hall–Kier alpha value is -3.76. The first-order valence-electron chi connectivity index (χ1n) is 12.9. The topological polar surface area (TPSA) is 97.8 Å². The highest BCUT2D eigenvalue weighted by atomic mass is 32.2. The highest BCUT2D eigenvalue weighted by molar-refractivity contribution is 8.00. The van der Waals surface area contributed by atoms with Gasteiger partial charge in [-0.05, 0) is 47.4 Å². The Bertz CT molecular complexity index is 1380. The van der Waals surface area contributed by atoms with E-state index in [2.05, 4.69) is 10.3 Å². The second kappa shape index (κ2) is 13.1. The molecule has 3 heterocycles. The summed E-state index contributed by atoms with van der Waals surface area (Å²) >= 11 is 3.15. The maximum Gasteiger partial charge on any atom is 0.355 e. The Morgan fingerprint density at radius 2 is 1.82 bits per heavy atom. The molecule has 0 bridgehead atoms. The van der Waals surface area contributed by atoms with Gasteiger partial charge in [0.25, 0.3) is 5.91 Å². The number of hydrogen-bond acceptors (Lipinski definition) is 8. The van der Waals surface area contributed by atoms with Crippen molar-refractivity contribution in [2.75, 3.05) is 18.6 Å². The Morgan fingerprint density at radius 1 is 1.05 bits per heavy atom. The van der Waals surface area contributed by atoms with Gasteiger partial charge in [0.15, 0.2) is 0 Å². The number of hydrogen-bond donors (Lipinski definition) is 1. The smallest absolute Gasteiger partial charge is 0.355 e. The summed E-state index contributed by atoms with van der Waals surface area (Å²) in [5.74, 6) is 0.909. The van der Waals surface area contributed by atoms with Crippen molar-refractivity contribution in [1.82, 2.24) is 15.2 Å². The zero-order valence-electron chi connectivity index (χ0n) is 21.9. The predicted octanol–water partition coefficient (Wildman–Crippen LogP) is 4.21. The number of methoxy groups -OCH3 is 1. The summed E-state index contributed by atoms with van der Waals surface area (Å²) in [5.41, 5.74) is 2.82. The van der Waals surface area contributed by atoms with Crippen molar-refractivity contribution in [2.24, 2.45) is 0 Å². The van der Waals surface area contributed by atoms with Crippen LogP contribution in [0.1, 0.15) is 17.5 Å². The van der Waals surface area contributed by atoms with Crippen LogP contribution in [0.15, 0.2) is 95.3 Å². The molecule has 40 heavy (non-hydrogen) atoms. The van der Waals surface area contributed by atoms with Gasteiger partial charge in [0, 0.05) is 17.7 Å². The van der Waals surface area contributed by atoms with E-state index >= 15 is 0 Å². The third kappa shape index (κ3) is 6.51. The molecule has 1 saturated heterocycles. The number of nitrogens with one attached hydrogen (secondary N) is 1. The summed E-state index contributed by atoms with van der Waals surface area (Å²) in [6.45, 7) is 0.0688. The Kier molecular flexibility index (Phi) is 9.08. The number of amides is 2. The molecule has 0 radical (unpaired) electrons. The lowest BCUT2D eigenvalue weighted by molar-refractivity contribution is -0.153. The minimum atomic E-state index is -0.685. The van der Waals surface area contributed by atoms with Gasteiger partial charge in [0.1, 0.15) is 29.5 Å². The number of benzene rings is 2. The van der Waals surface area contributed by atoms with Crippen LogP contribution in [0.3, 0.4) is 0 Å². The van der Waals surface area contributed by atoms with Crippen molar-refractivity contribution in [2.45, 2.75) is 35.9 Å². The zero-order valence-corrected chi connectivity index (χ0v) is 23.6. The third-order valence-electron chi connectivity index (χ3n) is 6.59. The fourth-order valence-electron chi connectivity index (χ4n) is 4.52. The number of fused-ring (bicyclic) bond motifs is 1. The van der Waals surface area contributed by atoms with Crippen LogP contribution in [-0.4, -0.2) is 57.7 Å². The predicted molar refractivity (Wildman–Crippen MR) is 155 cm³/mol. The summed E-state index contributed by atoms with van der Waals surface area (Å²) in [7, 11) is 1.59. The number of ether oxygens (including phenoxy) is 2. The fraction of sp³-hybridized carbons (Fsp3) is 0.267. The van der Waals surface area contributed by atoms with Gasteiger partial charge in [-0.25, -0.2) is 9.78 Å². The van der Waals surface area contributed by atoms with Crippen molar-refractivity contribution in [1.29, 1.82) is 0 Å². The van der Waals surface area contributed by atoms with Crippen LogP contribution < -0.4 is 10.1 Å². The molecule has 1 aromatic heterocycles. The lowest BCUT2D eigenvalue weighted by Crippen LogP contribution is -2.70. The second-order valence-electron chi connectivity index (χ2n) is 9.26. The molecule has 0 saturated carbocycles. The molecule has 0 unspecified atom stereocenters. The monoisotopic (exact) mass is 575 g/mol. The first-order chi connectivity index (χ1) is 19.5. The first kappa shape index (κ1) is 27.8. The Balaban J connectivity index is 1.28. The number of rotatable bonds is 11. The summed E-state index contributed by atoms with van der Waals surface area (Å²) in [4.78, 5) is 45.3. The maximum atomic E-state index is 13.4. The van der Waals surface area contributed by atoms with Gasteiger partial charge in [-0.15, -0.1) is 23.5 Å². The molecule has 2 amide bonds. The van der Waals surface area contributed by atoms with E-state index in [9.17, 15) is 14.4 Å². The van der Waals surface area contributed by atoms with Crippen molar-refractivity contribution < 1.29 is 23.9 Å². The molecular weight excluding hydrogens is 546 g/mol. The number of pyridine rings is 1. The number of aromatic nitrogens is 1. The number of carbonyl (C=O) groups excluding carboxylic acids is 3. The summed E-state index contributed by atoms with van der Waals surface area (Å²) in [6.07, 6.45) is 2.53. The van der Waals surface area contributed by atoms with E-state index in [1.165, 1.54) is 4.90 Å². The number of thioether (sulfide) groups is 2. The molecule has 206 valence electrons. The summed E-state index contributed by atoms with van der Waals surface area (Å²) in [6, 6.07) is 21.7. The SMILES string of the molecule is COc1ccc(COC(=O)C2=C(CCSc3ccccn3)CS[C@@H]3[C@H](NC(=O)Cc4ccccc4)C(=O)N23)cc1. The highest BCUT2D eigenvalue weighted by Gasteiger charge is 2.54. The van der Waals surface area contributed by atoms with Gasteiger partial charge in [-0.3, -0.25) is 14.5 Å². The van der Waals surface area contributed by atoms with Crippen molar-refractivity contribution >= 4 is 41.3 Å². The Morgan fingerprint density at radius 3 is 2.55 bits per heavy atom. The van der Waals surface area contributed by atoms with E-state index in [-0.39, 0.29) is 35.9 Å². The number of nitrogens with zero attached hydrogens (tertiary/aromatic N) is 2. The first-order valence-corrected chi connectivity index (χ1v) is 14.9. The van der Waals surface area contributed by atoms with E-state index in [1.807, 2.05) is 60.7 Å². The van der Waals surface area contributed by atoms with Crippen LogP contribution >= 0.6 is 23.5 Å². The quantitative estimate of drug-likeness (QED) is 0.206. The number of carbonyl (C=O) groups is 3. The van der Waals surface area contributed by atoms with E-state index in [1.54, 1.807) is 49.0 Å². The van der Waals surface area contributed by atoms with Crippen LogP contribution in [0.4, 0.5) is 0 Å². The summed E-state index contributed by atoms with van der Waals surface area (Å²) < 4.78 is 10.9. The third-order valence-corrected chi connectivity index (χ3v) is 8.87. The molecule has 2 atom stereocenters. The van der Waals surface area contributed by atoms with Gasteiger partial charge in [-0.2, -0.15) is 0 Å². The molecule has 2 aliphatic rings. The van der Waals surface area contributed by atoms with Gasteiger partial charge < -0.3 is 14.8 Å². The fourth-order valence-corrected chi connectivity index (χ4v) is 6.78. The minimum absolute atomic E-state index is 0.0688. The summed E-state index contributed by atoms with van der Waals surface area (Å²) in [5, 5.41) is 3.41. The largest absolute Gasteiger partial charge is 0.497 e. The second-order valence-corrected chi connectivity index (χ2v) is 11.5. The van der Waals surface area contributed by atoms with Gasteiger partial charge in [0.2, 0.25) is 5.91 Å². The molecule has 0 spiro atoms. The zero-order chi connectivity index (χ0) is 27.9. The van der Waals surface area contributed by atoms with E-state index in [0.29, 0.717) is 23.7 Å². The Labute approximate surface area is 241 Å².